The lowest BCUT2D eigenvalue weighted by atomic mass is 10.0. The number of nitrogens with zero attached hydrogens (tertiary/aromatic N) is 1. The monoisotopic (exact) mass is 347 g/mol. The van der Waals surface area contributed by atoms with Gasteiger partial charge in [-0.3, -0.25) is 4.79 Å². The lowest BCUT2D eigenvalue weighted by molar-refractivity contribution is -0.123. The average Bonchev–Trinajstić information content (AvgIpc) is 2.54. The van der Waals surface area contributed by atoms with E-state index in [1.807, 2.05) is 51.1 Å². The minimum atomic E-state index is -0.564. The summed E-state index contributed by atoms with van der Waals surface area (Å²) in [6.45, 7) is 6.71. The van der Waals surface area contributed by atoms with Crippen molar-refractivity contribution in [3.63, 3.8) is 0 Å². The van der Waals surface area contributed by atoms with Gasteiger partial charge in [0.2, 0.25) is 5.91 Å². The fourth-order valence-electron chi connectivity index (χ4n) is 2.80. The number of nitrogens with one attached hydrogen (secondary N) is 1. The Morgan fingerprint density at radius 2 is 1.84 bits per heavy atom. The van der Waals surface area contributed by atoms with Crippen LogP contribution in [0.5, 0.6) is 0 Å². The molecule has 3 N–H and O–H groups in total. The number of benzene rings is 1. The molecule has 0 bridgehead atoms. The van der Waals surface area contributed by atoms with E-state index in [0.29, 0.717) is 32.4 Å². The zero-order valence-corrected chi connectivity index (χ0v) is 15.3. The minimum absolute atomic E-state index is 0.0491. The largest absolute Gasteiger partial charge is 0.444 e. The smallest absolute Gasteiger partial charge is 0.410 e. The number of ether oxygens (including phenoxy) is 1. The van der Waals surface area contributed by atoms with Crippen molar-refractivity contribution in [1.82, 2.24) is 10.2 Å². The van der Waals surface area contributed by atoms with Crippen molar-refractivity contribution in [2.75, 3.05) is 13.1 Å². The third-order valence-electron chi connectivity index (χ3n) is 4.13. The molecule has 1 heterocycles. The summed E-state index contributed by atoms with van der Waals surface area (Å²) in [4.78, 5) is 26.0. The summed E-state index contributed by atoms with van der Waals surface area (Å²) in [5.41, 5.74) is 6.57. The van der Waals surface area contributed by atoms with Crippen LogP contribution in [0.1, 0.15) is 39.2 Å². The Labute approximate surface area is 149 Å². The van der Waals surface area contributed by atoms with Crippen LogP contribution >= 0.6 is 0 Å². The van der Waals surface area contributed by atoms with E-state index in [1.54, 1.807) is 4.90 Å². The van der Waals surface area contributed by atoms with Gasteiger partial charge >= 0.3 is 6.09 Å². The quantitative estimate of drug-likeness (QED) is 0.873. The second kappa shape index (κ2) is 8.34. The number of carbonyl (C=O) groups is 2. The van der Waals surface area contributed by atoms with Gasteiger partial charge in [0.25, 0.3) is 0 Å². The van der Waals surface area contributed by atoms with E-state index in [4.69, 9.17) is 10.5 Å². The molecule has 1 aromatic rings. The van der Waals surface area contributed by atoms with Gasteiger partial charge in [-0.05, 0) is 45.6 Å². The van der Waals surface area contributed by atoms with Crippen LogP contribution in [-0.2, 0) is 16.0 Å². The molecule has 0 spiro atoms. The maximum absolute atomic E-state index is 12.3. The van der Waals surface area contributed by atoms with E-state index < -0.39 is 11.6 Å². The molecule has 1 fully saturated rings. The third-order valence-corrected chi connectivity index (χ3v) is 4.13. The van der Waals surface area contributed by atoms with Crippen molar-refractivity contribution in [2.45, 2.75) is 57.7 Å². The van der Waals surface area contributed by atoms with Crippen molar-refractivity contribution < 1.29 is 14.3 Å². The first-order valence-corrected chi connectivity index (χ1v) is 8.82. The van der Waals surface area contributed by atoms with E-state index in [2.05, 4.69) is 5.32 Å². The molecule has 0 aliphatic carbocycles. The number of hydrogen-bond acceptors (Lipinski definition) is 4. The molecule has 25 heavy (non-hydrogen) atoms. The molecule has 6 heteroatoms. The second-order valence-electron chi connectivity index (χ2n) is 7.55. The van der Waals surface area contributed by atoms with Crippen LogP contribution in [0.15, 0.2) is 30.3 Å². The summed E-state index contributed by atoms with van der Waals surface area (Å²) in [6, 6.07) is 9.23. The van der Waals surface area contributed by atoms with E-state index in [1.165, 1.54) is 0 Å². The lowest BCUT2D eigenvalue weighted by Gasteiger charge is -2.34. The molecule has 1 atom stereocenters. The molecule has 1 aliphatic heterocycles. The maximum atomic E-state index is 12.3. The molecular weight excluding hydrogens is 318 g/mol. The number of hydrogen-bond donors (Lipinski definition) is 2. The molecule has 0 radical (unpaired) electrons. The standard InChI is InChI=1S/C19H29N3O3/c1-19(2,3)25-18(24)22-11-9-15(10-12-22)21-17(23)16(20)13-14-7-5-4-6-8-14/h4-8,15-16H,9-13,20H2,1-3H3,(H,21,23). The number of amides is 2. The van der Waals surface area contributed by atoms with Crippen molar-refractivity contribution >= 4 is 12.0 Å². The fraction of sp³-hybridized carbons (Fsp3) is 0.579. The van der Waals surface area contributed by atoms with Crippen LogP contribution in [0.3, 0.4) is 0 Å². The number of nitrogens with two attached hydrogens (primary N) is 1. The SMILES string of the molecule is CC(C)(C)OC(=O)N1CCC(NC(=O)C(N)Cc2ccccc2)CC1. The van der Waals surface area contributed by atoms with E-state index in [9.17, 15) is 9.59 Å². The van der Waals surface area contributed by atoms with Gasteiger partial charge in [-0.2, -0.15) is 0 Å². The number of piperidine rings is 1. The fourth-order valence-corrected chi connectivity index (χ4v) is 2.80. The first-order valence-electron chi connectivity index (χ1n) is 8.82. The van der Waals surface area contributed by atoms with E-state index >= 15 is 0 Å². The zero-order chi connectivity index (χ0) is 18.4. The van der Waals surface area contributed by atoms with Crippen molar-refractivity contribution in [1.29, 1.82) is 0 Å². The highest BCUT2D eigenvalue weighted by molar-refractivity contribution is 5.82. The number of carbonyl (C=O) groups excluding carboxylic acids is 2. The molecule has 1 aliphatic rings. The van der Waals surface area contributed by atoms with Crippen LogP contribution in [-0.4, -0.2) is 47.7 Å². The summed E-state index contributed by atoms with van der Waals surface area (Å²) in [6.07, 6.45) is 1.65. The minimum Gasteiger partial charge on any atom is -0.444 e. The van der Waals surface area contributed by atoms with Crippen LogP contribution in [0, 0.1) is 0 Å². The van der Waals surface area contributed by atoms with Gasteiger partial charge in [0.15, 0.2) is 0 Å². The van der Waals surface area contributed by atoms with E-state index in [0.717, 1.165) is 5.56 Å². The highest BCUT2D eigenvalue weighted by atomic mass is 16.6. The molecule has 0 aromatic heterocycles. The van der Waals surface area contributed by atoms with Gasteiger partial charge in [-0.25, -0.2) is 4.79 Å². The van der Waals surface area contributed by atoms with E-state index in [-0.39, 0.29) is 18.0 Å². The normalized spacial score (nSPS) is 17.0. The Hall–Kier alpha value is -2.08. The van der Waals surface area contributed by atoms with Crippen molar-refractivity contribution in [3.8, 4) is 0 Å². The topological polar surface area (TPSA) is 84.7 Å². The highest BCUT2D eigenvalue weighted by Crippen LogP contribution is 2.15. The molecule has 138 valence electrons. The molecule has 2 amide bonds. The summed E-state index contributed by atoms with van der Waals surface area (Å²) >= 11 is 0. The Kier molecular flexibility index (Phi) is 6.42. The Morgan fingerprint density at radius 3 is 2.40 bits per heavy atom. The van der Waals surface area contributed by atoms with Gasteiger partial charge in [-0.15, -0.1) is 0 Å². The summed E-state index contributed by atoms with van der Waals surface area (Å²) < 4.78 is 5.38. The molecule has 1 saturated heterocycles. The van der Waals surface area contributed by atoms with Crippen molar-refractivity contribution in [3.05, 3.63) is 35.9 Å². The average molecular weight is 347 g/mol. The molecule has 0 saturated carbocycles. The predicted molar refractivity (Wildman–Crippen MR) is 97.1 cm³/mol. The number of rotatable bonds is 4. The zero-order valence-electron chi connectivity index (χ0n) is 15.3. The Bertz CT molecular complexity index is 575. The first kappa shape index (κ1) is 19.2. The molecule has 1 aromatic carbocycles. The first-order chi connectivity index (χ1) is 11.7. The van der Waals surface area contributed by atoms with Gasteiger partial charge in [0.1, 0.15) is 5.60 Å². The summed E-state index contributed by atoms with van der Waals surface area (Å²) in [7, 11) is 0. The van der Waals surface area contributed by atoms with Gasteiger partial charge < -0.3 is 20.7 Å². The molecule has 2 rings (SSSR count). The Morgan fingerprint density at radius 1 is 1.24 bits per heavy atom. The second-order valence-corrected chi connectivity index (χ2v) is 7.55. The van der Waals surface area contributed by atoms with Gasteiger partial charge in [0.05, 0.1) is 6.04 Å². The van der Waals surface area contributed by atoms with Crippen LogP contribution in [0.4, 0.5) is 4.79 Å². The van der Waals surface area contributed by atoms with Gasteiger partial charge in [-0.1, -0.05) is 30.3 Å². The maximum Gasteiger partial charge on any atom is 0.410 e. The molecule has 1 unspecified atom stereocenters. The van der Waals surface area contributed by atoms with Crippen molar-refractivity contribution in [2.24, 2.45) is 5.73 Å². The number of likely N-dealkylation sites (tertiary alicyclic amines) is 1. The van der Waals surface area contributed by atoms with Crippen LogP contribution < -0.4 is 11.1 Å². The summed E-state index contributed by atoms with van der Waals surface area (Å²) in [5, 5.41) is 3.00. The molecular formula is C19H29N3O3. The predicted octanol–water partition coefficient (Wildman–Crippen LogP) is 2.07. The van der Waals surface area contributed by atoms with Gasteiger partial charge in [0, 0.05) is 19.1 Å². The van der Waals surface area contributed by atoms with Crippen LogP contribution in [0.25, 0.3) is 0 Å². The highest BCUT2D eigenvalue weighted by Gasteiger charge is 2.28. The lowest BCUT2D eigenvalue weighted by Crippen LogP contribution is -2.51. The third kappa shape index (κ3) is 6.38. The van der Waals surface area contributed by atoms with Crippen LogP contribution in [0.2, 0.25) is 0 Å². The summed E-state index contributed by atoms with van der Waals surface area (Å²) in [5.74, 6) is -0.139. The Balaban J connectivity index is 1.75. The molecule has 6 nitrogen and oxygen atoms in total.